The fourth-order valence-corrected chi connectivity index (χ4v) is 5.54. The van der Waals surface area contributed by atoms with Crippen molar-refractivity contribution in [2.24, 2.45) is 11.8 Å². The van der Waals surface area contributed by atoms with Gasteiger partial charge in [0, 0.05) is 38.2 Å². The first-order valence-corrected chi connectivity index (χ1v) is 12.1. The third-order valence-electron chi connectivity index (χ3n) is 7.40. The highest BCUT2D eigenvalue weighted by Crippen LogP contribution is 2.41. The largest absolute Gasteiger partial charge is 0.508 e. The lowest BCUT2D eigenvalue weighted by molar-refractivity contribution is -0.136. The van der Waals surface area contributed by atoms with Crippen molar-refractivity contribution < 1.29 is 28.9 Å². The number of nitrogens with one attached hydrogen (secondary N) is 1. The Kier molecular flexibility index (Phi) is 7.84. The molecule has 2 aromatic carbocycles. The molecule has 35 heavy (non-hydrogen) atoms. The summed E-state index contributed by atoms with van der Waals surface area (Å²) in [6.07, 6.45) is -0.449. The second-order valence-electron chi connectivity index (χ2n) is 9.61. The number of phenols is 1. The number of ketones is 1. The maximum atomic E-state index is 14.6. The zero-order chi connectivity index (χ0) is 25.1. The van der Waals surface area contributed by atoms with Crippen molar-refractivity contribution in [3.63, 3.8) is 0 Å². The number of β-amino-alcohol motifs (C(OH)–C–C–N with tert-alkyl or cyclic N) is 1. The molecule has 188 valence electrons. The second-order valence-corrected chi connectivity index (χ2v) is 9.61. The van der Waals surface area contributed by atoms with Gasteiger partial charge in [-0.15, -0.1) is 0 Å². The minimum atomic E-state index is -0.789. The van der Waals surface area contributed by atoms with Gasteiger partial charge in [0.15, 0.2) is 5.78 Å². The number of ether oxygens (including phenoxy) is 1. The lowest BCUT2D eigenvalue weighted by Crippen LogP contribution is -2.51. The molecular weight excluding hydrogens is 451 g/mol. The van der Waals surface area contributed by atoms with Crippen molar-refractivity contribution >= 4 is 11.7 Å². The van der Waals surface area contributed by atoms with Crippen LogP contribution < -0.4 is 5.32 Å². The van der Waals surface area contributed by atoms with Gasteiger partial charge in [-0.3, -0.25) is 9.59 Å². The number of likely N-dealkylation sites (tertiary alicyclic amines) is 1. The number of methoxy groups -OCH3 is 1. The highest BCUT2D eigenvalue weighted by Gasteiger charge is 2.43. The van der Waals surface area contributed by atoms with Crippen LogP contribution in [0.1, 0.15) is 40.2 Å². The Morgan fingerprint density at radius 1 is 1.23 bits per heavy atom. The molecule has 0 radical (unpaired) electrons. The summed E-state index contributed by atoms with van der Waals surface area (Å²) in [4.78, 5) is 28.5. The highest BCUT2D eigenvalue weighted by molar-refractivity contribution is 5.99. The normalized spacial score (nSPS) is 25.4. The van der Waals surface area contributed by atoms with Gasteiger partial charge < -0.3 is 25.2 Å². The number of amides is 1. The Bertz CT molecular complexity index is 1080. The van der Waals surface area contributed by atoms with Gasteiger partial charge in [0.2, 0.25) is 5.91 Å². The van der Waals surface area contributed by atoms with Gasteiger partial charge in [0.25, 0.3) is 0 Å². The summed E-state index contributed by atoms with van der Waals surface area (Å²) < 4.78 is 20.2. The van der Waals surface area contributed by atoms with E-state index >= 15 is 0 Å². The standard InChI is InChI=1S/C27H33FN2O5/c1-16-21(7-4-8-23(16)28)25-18(12-24(35-2)26(33)17-5-3-6-19(31)11-17)13-29-14-22(25)27(34)30-10-9-20(32)15-30/h3-8,11,18,20,22,24-25,29,31-32H,9-10,12-15H2,1-2H3/t18-,20?,22+,24?,25+/m0/s1. The Hall–Kier alpha value is -2.81. The molecular formula is C27H33FN2O5. The van der Waals surface area contributed by atoms with Gasteiger partial charge in [-0.25, -0.2) is 4.39 Å². The molecule has 8 heteroatoms. The molecule has 2 saturated heterocycles. The topological polar surface area (TPSA) is 99.1 Å². The summed E-state index contributed by atoms with van der Waals surface area (Å²) in [6, 6.07) is 11.1. The van der Waals surface area contributed by atoms with E-state index in [9.17, 15) is 24.2 Å². The van der Waals surface area contributed by atoms with Crippen molar-refractivity contribution in [3.8, 4) is 5.75 Å². The SMILES string of the molecule is COC(C[C@H]1CNC[C@@H](C(=O)N2CCC(O)C2)[C@H]1c1cccc(F)c1C)C(=O)c1cccc(O)c1. The second kappa shape index (κ2) is 10.8. The Labute approximate surface area is 204 Å². The number of nitrogens with zero attached hydrogens (tertiary/aromatic N) is 1. The summed E-state index contributed by atoms with van der Waals surface area (Å²) in [5.41, 5.74) is 1.60. The number of Topliss-reactive ketones (excluding diaryl/α,β-unsaturated/α-hetero) is 1. The number of piperidine rings is 1. The smallest absolute Gasteiger partial charge is 0.227 e. The number of aliphatic hydroxyl groups excluding tert-OH is 1. The summed E-state index contributed by atoms with van der Waals surface area (Å²) in [7, 11) is 1.47. The third kappa shape index (κ3) is 5.39. The molecule has 2 unspecified atom stereocenters. The first-order chi connectivity index (χ1) is 16.8. The van der Waals surface area contributed by atoms with Crippen molar-refractivity contribution in [1.82, 2.24) is 10.2 Å². The molecule has 3 N–H and O–H groups in total. The molecule has 1 amide bonds. The van der Waals surface area contributed by atoms with Gasteiger partial charge in [-0.2, -0.15) is 0 Å². The quantitative estimate of drug-likeness (QED) is 0.523. The zero-order valence-electron chi connectivity index (χ0n) is 20.1. The summed E-state index contributed by atoms with van der Waals surface area (Å²) in [6.45, 7) is 3.48. The number of benzene rings is 2. The van der Waals surface area contributed by atoms with Gasteiger partial charge in [0.1, 0.15) is 17.7 Å². The molecule has 0 bridgehead atoms. The predicted molar refractivity (Wildman–Crippen MR) is 129 cm³/mol. The van der Waals surface area contributed by atoms with Gasteiger partial charge in [0.05, 0.1) is 12.0 Å². The lowest BCUT2D eigenvalue weighted by Gasteiger charge is -2.41. The molecule has 2 aromatic rings. The Morgan fingerprint density at radius 2 is 2.00 bits per heavy atom. The number of rotatable bonds is 7. The Morgan fingerprint density at radius 3 is 2.69 bits per heavy atom. The van der Waals surface area contributed by atoms with Crippen LogP contribution in [0.25, 0.3) is 0 Å². The average molecular weight is 485 g/mol. The molecule has 0 aliphatic carbocycles. The molecule has 7 nitrogen and oxygen atoms in total. The highest BCUT2D eigenvalue weighted by atomic mass is 19.1. The maximum Gasteiger partial charge on any atom is 0.227 e. The van der Waals surface area contributed by atoms with Gasteiger partial charge >= 0.3 is 0 Å². The van der Waals surface area contributed by atoms with Crippen LogP contribution in [0, 0.1) is 24.6 Å². The van der Waals surface area contributed by atoms with Crippen LogP contribution >= 0.6 is 0 Å². The lowest BCUT2D eigenvalue weighted by atomic mass is 9.70. The number of aromatic hydroxyl groups is 1. The van der Waals surface area contributed by atoms with E-state index in [-0.39, 0.29) is 35.1 Å². The molecule has 2 heterocycles. The molecule has 4 rings (SSSR count). The molecule has 2 aliphatic heterocycles. The van der Waals surface area contributed by atoms with E-state index in [1.165, 1.54) is 25.3 Å². The van der Waals surface area contributed by atoms with E-state index in [1.807, 2.05) is 6.07 Å². The summed E-state index contributed by atoms with van der Waals surface area (Å²) in [5.74, 6) is -1.63. The van der Waals surface area contributed by atoms with Gasteiger partial charge in [-0.1, -0.05) is 24.3 Å². The van der Waals surface area contributed by atoms with Crippen molar-refractivity contribution in [3.05, 3.63) is 65.0 Å². The van der Waals surface area contributed by atoms with E-state index in [0.717, 1.165) is 5.56 Å². The summed E-state index contributed by atoms with van der Waals surface area (Å²) >= 11 is 0. The van der Waals surface area contributed by atoms with Crippen LogP contribution in [-0.2, 0) is 9.53 Å². The van der Waals surface area contributed by atoms with E-state index in [0.29, 0.717) is 50.1 Å². The van der Waals surface area contributed by atoms with Crippen LogP contribution in [0.2, 0.25) is 0 Å². The van der Waals surface area contributed by atoms with Crippen LogP contribution in [0.3, 0.4) is 0 Å². The van der Waals surface area contributed by atoms with Crippen molar-refractivity contribution in [2.45, 2.75) is 37.9 Å². The average Bonchev–Trinajstić information content (AvgIpc) is 3.29. The predicted octanol–water partition coefficient (Wildman–Crippen LogP) is 2.64. The molecule has 5 atom stereocenters. The first kappa shape index (κ1) is 25.3. The van der Waals surface area contributed by atoms with Crippen molar-refractivity contribution in [1.29, 1.82) is 0 Å². The number of halogens is 1. The molecule has 0 spiro atoms. The van der Waals surface area contributed by atoms with Gasteiger partial charge in [-0.05, 0) is 61.6 Å². The van der Waals surface area contributed by atoms with E-state index < -0.39 is 18.1 Å². The zero-order valence-corrected chi connectivity index (χ0v) is 20.1. The number of carbonyl (C=O) groups excluding carboxylic acids is 2. The van der Waals surface area contributed by atoms with E-state index in [4.69, 9.17) is 4.74 Å². The monoisotopic (exact) mass is 484 g/mol. The number of carbonyl (C=O) groups is 2. The van der Waals surface area contributed by atoms with Crippen LogP contribution in [0.4, 0.5) is 4.39 Å². The molecule has 0 aromatic heterocycles. The number of hydrogen-bond donors (Lipinski definition) is 3. The van der Waals surface area contributed by atoms with E-state index in [2.05, 4.69) is 5.32 Å². The summed E-state index contributed by atoms with van der Waals surface area (Å²) in [5, 5.41) is 23.1. The van der Waals surface area contributed by atoms with E-state index in [1.54, 1.807) is 30.0 Å². The van der Waals surface area contributed by atoms with Crippen LogP contribution in [-0.4, -0.2) is 72.3 Å². The number of hydrogen-bond acceptors (Lipinski definition) is 6. The third-order valence-corrected chi connectivity index (χ3v) is 7.40. The van der Waals surface area contributed by atoms with Crippen LogP contribution in [0.15, 0.2) is 42.5 Å². The first-order valence-electron chi connectivity index (χ1n) is 12.1. The molecule has 0 saturated carbocycles. The van der Waals surface area contributed by atoms with Crippen molar-refractivity contribution in [2.75, 3.05) is 33.3 Å². The Balaban J connectivity index is 1.66. The fraction of sp³-hybridized carbons (Fsp3) is 0.481. The van der Waals surface area contributed by atoms with Crippen LogP contribution in [0.5, 0.6) is 5.75 Å². The maximum absolute atomic E-state index is 14.6. The minimum Gasteiger partial charge on any atom is -0.508 e. The minimum absolute atomic E-state index is 0.00300. The molecule has 2 fully saturated rings. The molecule has 2 aliphatic rings. The number of phenolic OH excluding ortho intramolecular Hbond substituents is 1. The number of aliphatic hydroxyl groups is 1. The fourth-order valence-electron chi connectivity index (χ4n) is 5.54.